The van der Waals surface area contributed by atoms with Crippen molar-refractivity contribution in [1.82, 2.24) is 0 Å². The van der Waals surface area contributed by atoms with E-state index in [9.17, 15) is 14.4 Å². The molecule has 0 amide bonds. The van der Waals surface area contributed by atoms with Gasteiger partial charge in [0, 0.05) is 5.57 Å². The number of carbonyl (C=O) groups excluding carboxylic acids is 3. The molecule has 0 aromatic rings. The number of rotatable bonds is 29. The van der Waals surface area contributed by atoms with Gasteiger partial charge in [0.2, 0.25) is 4.69 Å². The van der Waals surface area contributed by atoms with Gasteiger partial charge in [-0.05, 0) is 60.0 Å². The summed E-state index contributed by atoms with van der Waals surface area (Å²) in [4.78, 5) is 39.2. The molecule has 0 N–H and O–H groups in total. The van der Waals surface area contributed by atoms with Gasteiger partial charge in [-0.15, -0.1) is 0 Å². The molecule has 0 heterocycles. The summed E-state index contributed by atoms with van der Waals surface area (Å²) in [5.41, 5.74) is 2.24. The van der Waals surface area contributed by atoms with Gasteiger partial charge in [-0.25, -0.2) is 9.59 Å². The molecule has 0 aliphatic heterocycles. The van der Waals surface area contributed by atoms with Crippen molar-refractivity contribution in [3.63, 3.8) is 0 Å². The SMILES string of the molecule is CCCCCCCCCCOC(=O)/C(CCCCCCCC)=C(\C(=O)OCCCCCCCCCC)C1=CC=C(C(=O)Br)CC1. The first-order chi connectivity index (χ1) is 22.0. The second kappa shape index (κ2) is 28.5. The van der Waals surface area contributed by atoms with Gasteiger partial charge in [-0.1, -0.05) is 155 Å². The van der Waals surface area contributed by atoms with Crippen molar-refractivity contribution in [3.05, 3.63) is 34.4 Å². The largest absolute Gasteiger partial charge is 0.462 e. The zero-order valence-corrected chi connectivity index (χ0v) is 30.8. The average molecular weight is 694 g/mol. The Morgan fingerprint density at radius 2 is 0.911 bits per heavy atom. The highest BCUT2D eigenvalue weighted by Crippen LogP contribution is 2.31. The summed E-state index contributed by atoms with van der Waals surface area (Å²) in [6.45, 7) is 7.39. The lowest BCUT2D eigenvalue weighted by molar-refractivity contribution is -0.142. The Hall–Kier alpha value is -1.69. The number of hydrogen-bond donors (Lipinski definition) is 0. The minimum Gasteiger partial charge on any atom is -0.462 e. The smallest absolute Gasteiger partial charge is 0.338 e. The molecule has 0 unspecified atom stereocenters. The molecule has 0 spiro atoms. The molecular formula is C39H65BrO5. The quantitative estimate of drug-likeness (QED) is 0.0338. The first-order valence-corrected chi connectivity index (χ1v) is 19.4. The van der Waals surface area contributed by atoms with Gasteiger partial charge >= 0.3 is 11.9 Å². The molecule has 0 saturated heterocycles. The number of hydrogen-bond acceptors (Lipinski definition) is 5. The summed E-state index contributed by atoms with van der Waals surface area (Å²) in [6.07, 6.45) is 30.4. The number of allylic oxidation sites excluding steroid dienone is 3. The van der Waals surface area contributed by atoms with Crippen LogP contribution in [-0.4, -0.2) is 29.8 Å². The monoisotopic (exact) mass is 692 g/mol. The van der Waals surface area contributed by atoms with Crippen LogP contribution in [-0.2, 0) is 23.9 Å². The Morgan fingerprint density at radius 1 is 0.533 bits per heavy atom. The molecule has 45 heavy (non-hydrogen) atoms. The van der Waals surface area contributed by atoms with Gasteiger partial charge in [0.25, 0.3) is 0 Å². The maximum atomic E-state index is 13.7. The number of carbonyl (C=O) groups is 3. The van der Waals surface area contributed by atoms with Gasteiger partial charge in [0.1, 0.15) is 0 Å². The molecule has 0 aromatic carbocycles. The molecule has 1 aliphatic rings. The van der Waals surface area contributed by atoms with E-state index >= 15 is 0 Å². The molecule has 5 nitrogen and oxygen atoms in total. The lowest BCUT2D eigenvalue weighted by atomic mass is 9.89. The topological polar surface area (TPSA) is 69.7 Å². The molecule has 0 bridgehead atoms. The van der Waals surface area contributed by atoms with Crippen LogP contribution in [0.25, 0.3) is 0 Å². The number of ether oxygens (including phenoxy) is 2. The van der Waals surface area contributed by atoms with Crippen molar-refractivity contribution in [2.24, 2.45) is 0 Å². The molecule has 1 aliphatic carbocycles. The van der Waals surface area contributed by atoms with E-state index in [0.29, 0.717) is 49.2 Å². The summed E-state index contributed by atoms with van der Waals surface area (Å²) in [7, 11) is 0. The zero-order valence-electron chi connectivity index (χ0n) is 29.2. The van der Waals surface area contributed by atoms with Gasteiger partial charge < -0.3 is 9.47 Å². The van der Waals surface area contributed by atoms with Crippen molar-refractivity contribution in [2.45, 2.75) is 181 Å². The molecule has 0 radical (unpaired) electrons. The van der Waals surface area contributed by atoms with Crippen LogP contribution in [0.1, 0.15) is 181 Å². The van der Waals surface area contributed by atoms with E-state index in [2.05, 4.69) is 36.7 Å². The molecule has 1 rings (SSSR count). The fraction of sp³-hybridized carbons (Fsp3) is 0.769. The molecule has 258 valence electrons. The summed E-state index contributed by atoms with van der Waals surface area (Å²) >= 11 is 3.05. The number of unbranched alkanes of at least 4 members (excludes halogenated alkanes) is 19. The summed E-state index contributed by atoms with van der Waals surface area (Å²) in [6, 6.07) is 0. The zero-order chi connectivity index (χ0) is 33.0. The van der Waals surface area contributed by atoms with Gasteiger partial charge in [-0.3, -0.25) is 4.79 Å². The highest BCUT2D eigenvalue weighted by Gasteiger charge is 2.27. The summed E-state index contributed by atoms with van der Waals surface area (Å²) in [5, 5.41) is 0. The molecule has 6 heteroatoms. The Morgan fingerprint density at radius 3 is 1.33 bits per heavy atom. The van der Waals surface area contributed by atoms with E-state index < -0.39 is 11.9 Å². The Bertz CT molecular complexity index is 916. The number of halogens is 1. The average Bonchev–Trinajstić information content (AvgIpc) is 3.04. The summed E-state index contributed by atoms with van der Waals surface area (Å²) in [5.74, 6) is -0.825. The highest BCUT2D eigenvalue weighted by atomic mass is 79.9. The lowest BCUT2D eigenvalue weighted by Crippen LogP contribution is -2.20. The normalized spacial score (nSPS) is 13.6. The van der Waals surface area contributed by atoms with Crippen molar-refractivity contribution in [3.8, 4) is 0 Å². The Kier molecular flexibility index (Phi) is 26.2. The van der Waals surface area contributed by atoms with Gasteiger partial charge in [0.15, 0.2) is 0 Å². The minimum atomic E-state index is -0.434. The van der Waals surface area contributed by atoms with Gasteiger partial charge in [-0.2, -0.15) is 0 Å². The van der Waals surface area contributed by atoms with Crippen LogP contribution < -0.4 is 0 Å². The predicted octanol–water partition coefficient (Wildman–Crippen LogP) is 12.0. The Labute approximate surface area is 284 Å². The van der Waals surface area contributed by atoms with Crippen LogP contribution in [0.2, 0.25) is 0 Å². The molecule has 0 atom stereocenters. The first-order valence-electron chi connectivity index (χ1n) is 18.6. The van der Waals surface area contributed by atoms with Gasteiger partial charge in [0.05, 0.1) is 24.4 Å². The van der Waals surface area contributed by atoms with Crippen LogP contribution in [0.15, 0.2) is 34.4 Å². The van der Waals surface area contributed by atoms with Crippen LogP contribution in [0.4, 0.5) is 0 Å². The third-order valence-electron chi connectivity index (χ3n) is 8.72. The molecule has 0 aromatic heterocycles. The maximum absolute atomic E-state index is 13.7. The van der Waals surface area contributed by atoms with E-state index in [4.69, 9.17) is 9.47 Å². The van der Waals surface area contributed by atoms with E-state index in [0.717, 1.165) is 63.4 Å². The summed E-state index contributed by atoms with van der Waals surface area (Å²) < 4.78 is 11.5. The molecular weight excluding hydrogens is 628 g/mol. The second-order valence-corrected chi connectivity index (χ2v) is 13.5. The molecule has 0 saturated carbocycles. The maximum Gasteiger partial charge on any atom is 0.338 e. The van der Waals surface area contributed by atoms with E-state index in [1.165, 1.54) is 83.5 Å². The van der Waals surface area contributed by atoms with Crippen LogP contribution in [0.5, 0.6) is 0 Å². The van der Waals surface area contributed by atoms with E-state index in [-0.39, 0.29) is 4.69 Å². The fourth-order valence-corrected chi connectivity index (χ4v) is 6.16. The van der Waals surface area contributed by atoms with Crippen molar-refractivity contribution >= 4 is 32.6 Å². The second-order valence-electron chi connectivity index (χ2n) is 12.8. The predicted molar refractivity (Wildman–Crippen MR) is 191 cm³/mol. The lowest BCUT2D eigenvalue weighted by Gasteiger charge is -2.19. The fourth-order valence-electron chi connectivity index (χ4n) is 5.83. The number of esters is 2. The van der Waals surface area contributed by atoms with E-state index in [1.54, 1.807) is 6.08 Å². The van der Waals surface area contributed by atoms with Crippen LogP contribution in [0.3, 0.4) is 0 Å². The van der Waals surface area contributed by atoms with Crippen molar-refractivity contribution in [2.75, 3.05) is 13.2 Å². The van der Waals surface area contributed by atoms with Crippen molar-refractivity contribution < 1.29 is 23.9 Å². The van der Waals surface area contributed by atoms with Crippen molar-refractivity contribution in [1.29, 1.82) is 0 Å². The van der Waals surface area contributed by atoms with E-state index in [1.807, 2.05) is 6.08 Å². The first kappa shape index (κ1) is 41.3. The standard InChI is InChI=1S/C39H65BrO5/c1-4-7-10-13-16-18-21-24-31-44-38(42)35(26-23-20-15-12-9-6-3)36(33-27-29-34(30-28-33)37(40)41)39(43)45-32-25-22-19-17-14-11-8-5-2/h27,29H,4-26,28,30-32H2,1-3H3/b36-35-. The van der Waals surface area contributed by atoms with Crippen LogP contribution >= 0.6 is 15.9 Å². The third kappa shape index (κ3) is 20.2. The Balaban J connectivity index is 2.98. The minimum absolute atomic E-state index is 0.141. The highest BCUT2D eigenvalue weighted by molar-refractivity contribution is 9.18. The molecule has 0 fully saturated rings. The third-order valence-corrected chi connectivity index (χ3v) is 9.23. The van der Waals surface area contributed by atoms with Crippen LogP contribution in [0, 0.1) is 0 Å².